The molecule has 1 saturated heterocycles. The number of aliphatic hydroxyl groups excluding tert-OH is 1. The van der Waals surface area contributed by atoms with Crippen molar-refractivity contribution in [2.45, 2.75) is 108 Å². The minimum atomic E-state index is -2.37. The van der Waals surface area contributed by atoms with Gasteiger partial charge in [-0.15, -0.1) is 0 Å². The van der Waals surface area contributed by atoms with E-state index in [-0.39, 0.29) is 42.1 Å². The molecule has 2 bridgehead atoms. The van der Waals surface area contributed by atoms with Gasteiger partial charge in [-0.1, -0.05) is 80.6 Å². The Labute approximate surface area is 376 Å². The summed E-state index contributed by atoms with van der Waals surface area (Å²) in [5, 5.41) is 28.5. The van der Waals surface area contributed by atoms with Gasteiger partial charge in [0.2, 0.25) is 0 Å². The third kappa shape index (κ3) is 8.26. The van der Waals surface area contributed by atoms with Crippen LogP contribution in [0, 0.1) is 16.7 Å². The number of methoxy groups -OCH3 is 1. The molecule has 0 spiro atoms. The van der Waals surface area contributed by atoms with Crippen LogP contribution in [0.3, 0.4) is 0 Å². The van der Waals surface area contributed by atoms with Gasteiger partial charge in [-0.05, 0) is 54.8 Å². The average molecular weight is 898 g/mol. The molecule has 1 heterocycles. The number of nitrogens with one attached hydrogen (secondary N) is 1. The van der Waals surface area contributed by atoms with Crippen LogP contribution < -0.4 is 5.32 Å². The molecule has 16 nitrogen and oxygen atoms in total. The lowest BCUT2D eigenvalue weighted by atomic mass is 9.44. The maximum atomic E-state index is 15.9. The van der Waals surface area contributed by atoms with Gasteiger partial charge in [0.1, 0.15) is 30.7 Å². The first-order valence-corrected chi connectivity index (χ1v) is 21.4. The van der Waals surface area contributed by atoms with Crippen LogP contribution in [0.25, 0.3) is 0 Å². The number of fused-ring (bicyclic) bond motifs is 5. The van der Waals surface area contributed by atoms with Gasteiger partial charge in [0, 0.05) is 44.8 Å². The van der Waals surface area contributed by atoms with Crippen molar-refractivity contribution in [3.8, 4) is 0 Å². The minimum absolute atomic E-state index is 0.0249. The van der Waals surface area contributed by atoms with Crippen molar-refractivity contribution in [3.05, 3.63) is 119 Å². The Bertz CT molecular complexity index is 2340. The summed E-state index contributed by atoms with van der Waals surface area (Å²) < 4.78 is 42.4. The summed E-state index contributed by atoms with van der Waals surface area (Å²) >= 11 is 0. The lowest BCUT2D eigenvalue weighted by Gasteiger charge is -2.67. The number of hydrogen-bond donors (Lipinski definition) is 3. The molecule has 0 aromatic heterocycles. The highest BCUT2D eigenvalue weighted by molar-refractivity contribution is 5.96. The summed E-state index contributed by atoms with van der Waals surface area (Å²) in [5.41, 5.74) is -6.70. The van der Waals surface area contributed by atoms with E-state index in [1.54, 1.807) is 99.6 Å². The Morgan fingerprint density at radius 2 is 1.45 bits per heavy atom. The monoisotopic (exact) mass is 897 g/mol. The molecule has 3 fully saturated rings. The first-order valence-electron chi connectivity index (χ1n) is 21.4. The molecule has 3 aromatic rings. The van der Waals surface area contributed by atoms with Crippen molar-refractivity contribution in [1.29, 1.82) is 0 Å². The molecule has 0 unspecified atom stereocenters. The van der Waals surface area contributed by atoms with Crippen molar-refractivity contribution < 1.29 is 72.1 Å². The standard InChI is InChI=1S/C49H55NO15/c1-27-33(63-45(57)38(53)37(30-17-11-8-12-18-30)50-43(55)31-19-13-9-14-20-31)24-49(58)42(64-44(56)32-21-15-10-16-22-32)40-47(6,41(54)39(62-28(2)51)36(27)46(49,4)5)34(61-26-59-7)23-35-48(40,25-60-35)65-29(3)52/h8-22,33-35,37-40,42,53,58H,23-26H2,1-7H3,(H,50,55)/t33-,34-,35+,37-,38+,39+,40-,42-,47+,48-,49+/m0/s1. The summed E-state index contributed by atoms with van der Waals surface area (Å²) in [4.78, 5) is 84.6. The van der Waals surface area contributed by atoms with Crippen LogP contribution >= 0.6 is 0 Å². The highest BCUT2D eigenvalue weighted by Crippen LogP contribution is 2.65. The molecule has 2 saturated carbocycles. The Kier molecular flexibility index (Phi) is 13.2. The van der Waals surface area contributed by atoms with Gasteiger partial charge < -0.3 is 48.7 Å². The smallest absolute Gasteiger partial charge is 0.338 e. The molecule has 0 radical (unpaired) electrons. The zero-order valence-corrected chi connectivity index (χ0v) is 37.3. The number of ether oxygens (including phenoxy) is 7. The van der Waals surface area contributed by atoms with Crippen LogP contribution in [0.4, 0.5) is 0 Å². The molecular weight excluding hydrogens is 843 g/mol. The number of rotatable bonds is 13. The molecule has 3 aromatic carbocycles. The molecule has 7 rings (SSSR count). The van der Waals surface area contributed by atoms with Crippen molar-refractivity contribution in [2.24, 2.45) is 16.7 Å². The number of ketones is 1. The molecule has 3 aliphatic carbocycles. The molecule has 1 aliphatic heterocycles. The Balaban J connectivity index is 1.41. The number of Topliss-reactive ketones (excluding diaryl/α,β-unsaturated/α-hetero) is 1. The number of amides is 1. The lowest BCUT2D eigenvalue weighted by Crippen LogP contribution is -2.82. The van der Waals surface area contributed by atoms with Gasteiger partial charge in [-0.3, -0.25) is 19.2 Å². The Morgan fingerprint density at radius 1 is 0.846 bits per heavy atom. The van der Waals surface area contributed by atoms with Crippen LogP contribution in [-0.2, 0) is 52.3 Å². The SMILES string of the molecule is COCO[C@H]1C[C@H]2OC[C@@]2(OC(C)=O)[C@H]2[C@H](OC(=O)c3ccccc3)[C@]3(O)C[C@H](OC(=O)[C@H](O)[C@@H](NC(=O)c4ccccc4)c4ccccc4)C(C)=C([C@@H](OC(C)=O)C(=O)[C@]12C)C3(C)C. The second-order valence-electron chi connectivity index (χ2n) is 17.9. The quantitative estimate of drug-likeness (QED) is 0.0940. The van der Waals surface area contributed by atoms with Crippen LogP contribution in [0.2, 0.25) is 0 Å². The van der Waals surface area contributed by atoms with E-state index in [2.05, 4.69) is 5.32 Å². The number of benzene rings is 3. The second-order valence-corrected chi connectivity index (χ2v) is 17.9. The van der Waals surface area contributed by atoms with Gasteiger partial charge in [-0.2, -0.15) is 0 Å². The summed E-state index contributed by atoms with van der Waals surface area (Å²) in [6.07, 6.45) is -9.69. The number of carbonyl (C=O) groups is 6. The summed E-state index contributed by atoms with van der Waals surface area (Å²) in [6.45, 7) is 7.98. The van der Waals surface area contributed by atoms with Gasteiger partial charge >= 0.3 is 23.9 Å². The molecule has 4 aliphatic rings. The van der Waals surface area contributed by atoms with Crippen molar-refractivity contribution >= 4 is 35.6 Å². The van der Waals surface area contributed by atoms with E-state index in [9.17, 15) is 34.2 Å². The summed E-state index contributed by atoms with van der Waals surface area (Å²) in [7, 11) is 1.39. The van der Waals surface area contributed by atoms with E-state index < -0.39 is 113 Å². The molecule has 16 heteroatoms. The lowest BCUT2D eigenvalue weighted by molar-refractivity contribution is -0.351. The van der Waals surface area contributed by atoms with Crippen LogP contribution in [0.1, 0.15) is 86.7 Å². The number of esters is 4. The second kappa shape index (κ2) is 18.2. The van der Waals surface area contributed by atoms with E-state index in [0.29, 0.717) is 5.56 Å². The van der Waals surface area contributed by atoms with Crippen molar-refractivity contribution in [2.75, 3.05) is 20.5 Å². The van der Waals surface area contributed by atoms with Crippen LogP contribution in [-0.4, -0.2) is 114 Å². The van der Waals surface area contributed by atoms with Gasteiger partial charge in [0.05, 0.1) is 35.6 Å². The van der Waals surface area contributed by atoms with E-state index in [4.69, 9.17) is 33.2 Å². The van der Waals surface area contributed by atoms with Crippen molar-refractivity contribution in [1.82, 2.24) is 5.32 Å². The highest BCUT2D eigenvalue weighted by Gasteiger charge is 2.78. The van der Waals surface area contributed by atoms with Gasteiger partial charge in [0.15, 0.2) is 23.6 Å². The first-order chi connectivity index (χ1) is 30.8. The average Bonchev–Trinajstić information content (AvgIpc) is 3.27. The molecule has 1 amide bonds. The summed E-state index contributed by atoms with van der Waals surface area (Å²) in [5.74, 6) is -6.56. The number of carbonyl (C=O) groups excluding carboxylic acids is 6. The molecule has 3 N–H and O–H groups in total. The van der Waals surface area contributed by atoms with Gasteiger partial charge in [-0.25, -0.2) is 9.59 Å². The molecule has 11 atom stereocenters. The fourth-order valence-corrected chi connectivity index (χ4v) is 10.6. The zero-order valence-electron chi connectivity index (χ0n) is 37.3. The topological polar surface area (TPSA) is 220 Å². The highest BCUT2D eigenvalue weighted by atomic mass is 16.7. The molecule has 346 valence electrons. The first kappa shape index (κ1) is 47.2. The fraction of sp³-hybridized carbons (Fsp3) is 0.469. The van der Waals surface area contributed by atoms with E-state index >= 15 is 4.79 Å². The van der Waals surface area contributed by atoms with Gasteiger partial charge in [0.25, 0.3) is 5.91 Å². The van der Waals surface area contributed by atoms with E-state index in [1.165, 1.54) is 33.1 Å². The normalized spacial score (nSPS) is 30.9. The Morgan fingerprint density at radius 3 is 2.00 bits per heavy atom. The third-order valence-corrected chi connectivity index (χ3v) is 13.8. The maximum absolute atomic E-state index is 15.9. The minimum Gasteiger partial charge on any atom is -0.456 e. The third-order valence-electron chi connectivity index (χ3n) is 13.8. The molecular formula is C49H55NO15. The van der Waals surface area contributed by atoms with Crippen LogP contribution in [0.5, 0.6) is 0 Å². The number of aliphatic hydroxyl groups is 2. The molecule has 65 heavy (non-hydrogen) atoms. The number of hydrogen-bond acceptors (Lipinski definition) is 15. The largest absolute Gasteiger partial charge is 0.456 e. The predicted octanol–water partition coefficient (Wildman–Crippen LogP) is 4.36. The van der Waals surface area contributed by atoms with Crippen molar-refractivity contribution in [3.63, 3.8) is 0 Å². The Hall–Kier alpha value is -5.78. The maximum Gasteiger partial charge on any atom is 0.338 e. The summed E-state index contributed by atoms with van der Waals surface area (Å²) in [6, 6.07) is 23.1. The fourth-order valence-electron chi connectivity index (χ4n) is 10.6. The predicted molar refractivity (Wildman–Crippen MR) is 228 cm³/mol. The van der Waals surface area contributed by atoms with Crippen LogP contribution in [0.15, 0.2) is 102 Å². The zero-order chi connectivity index (χ0) is 47.1. The van der Waals surface area contributed by atoms with E-state index in [0.717, 1.165) is 6.92 Å². The van der Waals surface area contributed by atoms with E-state index in [1.807, 2.05) is 0 Å².